The number of sulfonamides is 1. The summed E-state index contributed by atoms with van der Waals surface area (Å²) in [6.45, 7) is 8.94. The Balaban J connectivity index is 1.79. The van der Waals surface area contributed by atoms with Crippen LogP contribution in [-0.2, 0) is 21.2 Å². The van der Waals surface area contributed by atoms with E-state index >= 15 is 0 Å². The van der Waals surface area contributed by atoms with Gasteiger partial charge in [0.05, 0.1) is 35.8 Å². The van der Waals surface area contributed by atoms with Gasteiger partial charge in [-0.1, -0.05) is 45.1 Å². The number of fused-ring (bicyclic) bond motifs is 1. The monoisotopic (exact) mass is 519 g/mol. The van der Waals surface area contributed by atoms with E-state index in [0.29, 0.717) is 39.9 Å². The topological polar surface area (TPSA) is 97.8 Å². The van der Waals surface area contributed by atoms with Gasteiger partial charge in [0.25, 0.3) is 0 Å². The second kappa shape index (κ2) is 11.4. The lowest BCUT2D eigenvalue weighted by atomic mass is 10.1. The van der Waals surface area contributed by atoms with E-state index < -0.39 is 10.0 Å². The zero-order valence-electron chi connectivity index (χ0n) is 21.0. The third-order valence-electron chi connectivity index (χ3n) is 5.19. The number of nitrogens with one attached hydrogen (secondary N) is 1. The summed E-state index contributed by atoms with van der Waals surface area (Å²) in [6.07, 6.45) is 0.134. The Morgan fingerprint density at radius 3 is 2.26 bits per heavy atom. The van der Waals surface area contributed by atoms with Gasteiger partial charge in [-0.15, -0.1) is 0 Å². The van der Waals surface area contributed by atoms with Gasteiger partial charge in [0.1, 0.15) is 0 Å². The summed E-state index contributed by atoms with van der Waals surface area (Å²) in [7, 11) is -0.547. The van der Waals surface area contributed by atoms with Crippen LogP contribution in [0.3, 0.4) is 0 Å². The maximum Gasteiger partial charge on any atom is 0.243 e. The Bertz CT molecular complexity index is 1280. The molecule has 0 aliphatic rings. The molecule has 0 saturated heterocycles. The molecule has 8 nitrogen and oxygen atoms in total. The molecule has 1 N–H and O–H groups in total. The summed E-state index contributed by atoms with van der Waals surface area (Å²) in [5, 5.41) is 3.23. The molecule has 2 aromatic carbocycles. The zero-order chi connectivity index (χ0) is 25.8. The van der Waals surface area contributed by atoms with E-state index in [-0.39, 0.29) is 29.1 Å². The first-order valence-corrected chi connectivity index (χ1v) is 13.7. The number of nitrogens with zero attached hydrogens (tertiary/aromatic N) is 2. The molecule has 1 amide bonds. The average Bonchev–Trinajstić information content (AvgIpc) is 3.19. The van der Waals surface area contributed by atoms with Gasteiger partial charge in [-0.3, -0.25) is 4.79 Å². The SMILES string of the molecule is COc1ccc(CC(=O)Nc2nc3ccc(S(=O)(=O)N(CC(C)C)CC(C)C)cc3s2)cc1OC. The number of methoxy groups -OCH3 is 2. The molecule has 190 valence electrons. The van der Waals surface area contributed by atoms with Crippen molar-refractivity contribution in [1.29, 1.82) is 0 Å². The van der Waals surface area contributed by atoms with Crippen molar-refractivity contribution >= 4 is 42.6 Å². The van der Waals surface area contributed by atoms with Crippen molar-refractivity contribution in [3.63, 3.8) is 0 Å². The molecular formula is C25H33N3O5S2. The number of carbonyl (C=O) groups is 1. The maximum atomic E-state index is 13.4. The van der Waals surface area contributed by atoms with Gasteiger partial charge in [-0.2, -0.15) is 4.31 Å². The number of carbonyl (C=O) groups excluding carboxylic acids is 1. The van der Waals surface area contributed by atoms with Crippen LogP contribution in [0, 0.1) is 11.8 Å². The number of hydrogen-bond donors (Lipinski definition) is 1. The van der Waals surface area contributed by atoms with Crippen molar-refractivity contribution in [3.05, 3.63) is 42.0 Å². The first kappa shape index (κ1) is 26.9. The number of thiazole rings is 1. The second-order valence-corrected chi connectivity index (χ2v) is 12.1. The molecule has 0 saturated carbocycles. The highest BCUT2D eigenvalue weighted by Crippen LogP contribution is 2.31. The van der Waals surface area contributed by atoms with Crippen molar-refractivity contribution in [2.75, 3.05) is 32.6 Å². The highest BCUT2D eigenvalue weighted by Gasteiger charge is 2.26. The molecule has 35 heavy (non-hydrogen) atoms. The lowest BCUT2D eigenvalue weighted by Gasteiger charge is -2.25. The molecule has 0 atom stereocenters. The quantitative estimate of drug-likeness (QED) is 0.391. The van der Waals surface area contributed by atoms with Crippen molar-refractivity contribution in [1.82, 2.24) is 9.29 Å². The predicted molar refractivity (Wildman–Crippen MR) is 140 cm³/mol. The Hall–Kier alpha value is -2.69. The summed E-state index contributed by atoms with van der Waals surface area (Å²) in [5.41, 5.74) is 1.40. The van der Waals surface area contributed by atoms with E-state index in [1.807, 2.05) is 27.7 Å². The number of amides is 1. The highest BCUT2D eigenvalue weighted by molar-refractivity contribution is 7.89. The lowest BCUT2D eigenvalue weighted by Crippen LogP contribution is -2.37. The summed E-state index contributed by atoms with van der Waals surface area (Å²) >= 11 is 1.25. The minimum atomic E-state index is -3.65. The van der Waals surface area contributed by atoms with Gasteiger partial charge in [0.15, 0.2) is 16.6 Å². The number of anilines is 1. The van der Waals surface area contributed by atoms with Gasteiger partial charge >= 0.3 is 0 Å². The molecule has 0 radical (unpaired) electrons. The minimum absolute atomic E-state index is 0.134. The molecule has 3 aromatic rings. The van der Waals surface area contributed by atoms with Crippen molar-refractivity contribution in [2.45, 2.75) is 39.0 Å². The summed E-state index contributed by atoms with van der Waals surface area (Å²) in [6, 6.07) is 10.2. The van der Waals surface area contributed by atoms with E-state index in [2.05, 4.69) is 10.3 Å². The van der Waals surface area contributed by atoms with Crippen LogP contribution in [0.5, 0.6) is 11.5 Å². The van der Waals surface area contributed by atoms with Crippen molar-refractivity contribution < 1.29 is 22.7 Å². The van der Waals surface area contributed by atoms with Crippen LogP contribution < -0.4 is 14.8 Å². The first-order valence-electron chi connectivity index (χ1n) is 11.4. The Morgan fingerprint density at radius 1 is 1.00 bits per heavy atom. The number of ether oxygens (including phenoxy) is 2. The molecular weight excluding hydrogens is 486 g/mol. The fourth-order valence-corrected chi connectivity index (χ4v) is 6.48. The van der Waals surface area contributed by atoms with Crippen LogP contribution in [0.1, 0.15) is 33.3 Å². The van der Waals surface area contributed by atoms with Crippen LogP contribution in [0.4, 0.5) is 5.13 Å². The van der Waals surface area contributed by atoms with Crippen LogP contribution >= 0.6 is 11.3 Å². The standard InChI is InChI=1S/C25H33N3O5S2/c1-16(2)14-28(15-17(3)4)35(30,31)19-8-9-20-23(13-19)34-25(26-20)27-24(29)12-18-7-10-21(32-5)22(11-18)33-6/h7-11,13,16-17H,12,14-15H2,1-6H3,(H,26,27,29). The predicted octanol–water partition coefficient (Wildman–Crippen LogP) is 4.80. The molecule has 0 bridgehead atoms. The Kier molecular flexibility index (Phi) is 8.74. The van der Waals surface area contributed by atoms with Gasteiger partial charge in [-0.05, 0) is 47.7 Å². The average molecular weight is 520 g/mol. The van der Waals surface area contributed by atoms with E-state index in [1.54, 1.807) is 54.9 Å². The fourth-order valence-electron chi connectivity index (χ4n) is 3.69. The molecule has 1 aromatic heterocycles. The van der Waals surface area contributed by atoms with Crippen LogP contribution in [0.15, 0.2) is 41.3 Å². The van der Waals surface area contributed by atoms with Crippen LogP contribution in [0.25, 0.3) is 10.2 Å². The van der Waals surface area contributed by atoms with E-state index in [4.69, 9.17) is 9.47 Å². The molecule has 0 aliphatic carbocycles. The summed E-state index contributed by atoms with van der Waals surface area (Å²) in [4.78, 5) is 17.3. The first-order chi connectivity index (χ1) is 16.5. The van der Waals surface area contributed by atoms with Crippen molar-refractivity contribution in [2.24, 2.45) is 11.8 Å². The van der Waals surface area contributed by atoms with Crippen LogP contribution in [0.2, 0.25) is 0 Å². The molecule has 3 rings (SSSR count). The smallest absolute Gasteiger partial charge is 0.243 e. The van der Waals surface area contributed by atoms with Gasteiger partial charge in [0.2, 0.25) is 15.9 Å². The molecule has 0 aliphatic heterocycles. The lowest BCUT2D eigenvalue weighted by molar-refractivity contribution is -0.115. The van der Waals surface area contributed by atoms with E-state index in [1.165, 1.54) is 11.3 Å². The van der Waals surface area contributed by atoms with E-state index in [0.717, 1.165) is 5.56 Å². The number of hydrogen-bond acceptors (Lipinski definition) is 7. The number of rotatable bonds is 11. The zero-order valence-corrected chi connectivity index (χ0v) is 22.6. The third-order valence-corrected chi connectivity index (χ3v) is 7.96. The summed E-state index contributed by atoms with van der Waals surface area (Å²) < 4.78 is 39.5. The van der Waals surface area contributed by atoms with Gasteiger partial charge in [-0.25, -0.2) is 13.4 Å². The molecule has 0 unspecified atom stereocenters. The second-order valence-electron chi connectivity index (χ2n) is 9.17. The minimum Gasteiger partial charge on any atom is -0.493 e. The highest BCUT2D eigenvalue weighted by atomic mass is 32.2. The Labute approximate surface area is 211 Å². The van der Waals surface area contributed by atoms with E-state index in [9.17, 15) is 13.2 Å². The Morgan fingerprint density at radius 2 is 1.66 bits per heavy atom. The normalized spacial score (nSPS) is 12.0. The molecule has 10 heteroatoms. The van der Waals surface area contributed by atoms with Gasteiger partial charge < -0.3 is 14.8 Å². The fraction of sp³-hybridized carbons (Fsp3) is 0.440. The maximum absolute atomic E-state index is 13.4. The number of aromatic nitrogens is 1. The number of benzene rings is 2. The molecule has 1 heterocycles. The summed E-state index contributed by atoms with van der Waals surface area (Å²) in [5.74, 6) is 1.33. The van der Waals surface area contributed by atoms with Crippen molar-refractivity contribution in [3.8, 4) is 11.5 Å². The van der Waals surface area contributed by atoms with Crippen LogP contribution in [-0.4, -0.2) is 50.9 Å². The largest absolute Gasteiger partial charge is 0.493 e. The molecule has 0 fully saturated rings. The van der Waals surface area contributed by atoms with Gasteiger partial charge in [0, 0.05) is 13.1 Å². The third kappa shape index (κ3) is 6.71. The molecule has 0 spiro atoms.